The summed E-state index contributed by atoms with van der Waals surface area (Å²) in [7, 11) is 0. The number of likely N-dealkylation sites (tertiary alicyclic amines) is 1. The predicted octanol–water partition coefficient (Wildman–Crippen LogP) is 1.96. The Morgan fingerprint density at radius 2 is 2.04 bits per heavy atom. The molecule has 0 N–H and O–H groups in total. The van der Waals surface area contributed by atoms with Crippen molar-refractivity contribution in [2.75, 3.05) is 6.54 Å². The quantitative estimate of drug-likeness (QED) is 0.790. The average Bonchev–Trinajstić information content (AvgIpc) is 3.10. The topological polar surface area (TPSA) is 60.1 Å². The van der Waals surface area contributed by atoms with Gasteiger partial charge in [0.1, 0.15) is 18.4 Å². The second kappa shape index (κ2) is 7.40. The largest absolute Gasteiger partial charge is 0.408 e. The van der Waals surface area contributed by atoms with Crippen LogP contribution in [0, 0.1) is 0 Å². The van der Waals surface area contributed by atoms with Crippen LogP contribution in [0.4, 0.5) is 13.2 Å². The Labute approximate surface area is 138 Å². The Hall–Kier alpha value is -1.80. The van der Waals surface area contributed by atoms with Crippen LogP contribution < -0.4 is 5.69 Å². The summed E-state index contributed by atoms with van der Waals surface area (Å²) in [5.41, 5.74) is -0.445. The van der Waals surface area contributed by atoms with Crippen LogP contribution in [0.1, 0.15) is 45.4 Å². The van der Waals surface area contributed by atoms with Gasteiger partial charge in [-0.3, -0.25) is 9.36 Å². The Bertz CT molecular complexity index is 636. The molecule has 0 saturated carbocycles. The van der Waals surface area contributed by atoms with E-state index >= 15 is 0 Å². The van der Waals surface area contributed by atoms with E-state index in [9.17, 15) is 22.8 Å². The molecule has 1 aliphatic rings. The number of carbonyl (C=O) groups is 1. The summed E-state index contributed by atoms with van der Waals surface area (Å²) in [6, 6.07) is -1.76. The Morgan fingerprint density at radius 3 is 2.62 bits per heavy atom. The van der Waals surface area contributed by atoms with Gasteiger partial charge in [-0.05, 0) is 26.2 Å². The lowest BCUT2D eigenvalue weighted by Crippen LogP contribution is -2.46. The van der Waals surface area contributed by atoms with Gasteiger partial charge in [0.15, 0.2) is 0 Å². The van der Waals surface area contributed by atoms with Crippen LogP contribution in [0.15, 0.2) is 4.79 Å². The van der Waals surface area contributed by atoms with Gasteiger partial charge in [0, 0.05) is 19.5 Å². The molecule has 2 rings (SSSR count). The average molecular weight is 348 g/mol. The lowest BCUT2D eigenvalue weighted by molar-refractivity contribution is -0.183. The third-order valence-corrected chi connectivity index (χ3v) is 4.31. The monoisotopic (exact) mass is 348 g/mol. The number of rotatable bonds is 6. The fourth-order valence-corrected chi connectivity index (χ4v) is 3.05. The molecule has 0 aliphatic carbocycles. The van der Waals surface area contributed by atoms with E-state index in [2.05, 4.69) is 5.10 Å². The standard InChI is InChI=1S/C15H23F3N4O2/c1-3-5-8-12-19-22(14(24)20(12)4-2)10-13(23)21-9-6-7-11(21)15(16,17)18/h11H,3-10H2,1-2H3/t11-/m1/s1. The van der Waals surface area contributed by atoms with Gasteiger partial charge in [-0.25, -0.2) is 9.48 Å². The highest BCUT2D eigenvalue weighted by Crippen LogP contribution is 2.32. The van der Waals surface area contributed by atoms with Crippen molar-refractivity contribution in [2.24, 2.45) is 0 Å². The number of nitrogens with zero attached hydrogens (tertiary/aromatic N) is 4. The van der Waals surface area contributed by atoms with Crippen molar-refractivity contribution >= 4 is 5.91 Å². The summed E-state index contributed by atoms with van der Waals surface area (Å²) in [4.78, 5) is 25.4. The minimum absolute atomic E-state index is 0.0644. The lowest BCUT2D eigenvalue weighted by atomic mass is 10.2. The van der Waals surface area contributed by atoms with E-state index in [-0.39, 0.29) is 13.0 Å². The molecule has 1 aromatic heterocycles. The van der Waals surface area contributed by atoms with Gasteiger partial charge >= 0.3 is 11.9 Å². The Kier molecular flexibility index (Phi) is 5.71. The van der Waals surface area contributed by atoms with Crippen LogP contribution in [-0.2, 0) is 24.3 Å². The molecule has 0 bridgehead atoms. The maximum atomic E-state index is 13.0. The molecule has 1 saturated heterocycles. The van der Waals surface area contributed by atoms with E-state index in [1.54, 1.807) is 6.92 Å². The van der Waals surface area contributed by atoms with Crippen molar-refractivity contribution in [3.8, 4) is 0 Å². The van der Waals surface area contributed by atoms with Gasteiger partial charge in [-0.2, -0.15) is 18.3 Å². The van der Waals surface area contributed by atoms with Crippen LogP contribution >= 0.6 is 0 Å². The molecule has 6 nitrogen and oxygen atoms in total. The molecular formula is C15H23F3N4O2. The third kappa shape index (κ3) is 3.81. The molecule has 0 spiro atoms. The van der Waals surface area contributed by atoms with Crippen molar-refractivity contribution in [1.29, 1.82) is 0 Å². The molecule has 136 valence electrons. The molecule has 9 heteroatoms. The first-order chi connectivity index (χ1) is 11.3. The molecule has 1 amide bonds. The van der Waals surface area contributed by atoms with Crippen LogP contribution in [0.25, 0.3) is 0 Å². The fraction of sp³-hybridized carbons (Fsp3) is 0.800. The summed E-state index contributed by atoms with van der Waals surface area (Å²) in [6.07, 6.45) is -1.81. The number of hydrogen-bond acceptors (Lipinski definition) is 3. The normalized spacial score (nSPS) is 18.4. The minimum atomic E-state index is -4.44. The van der Waals surface area contributed by atoms with Gasteiger partial charge in [-0.15, -0.1) is 0 Å². The van der Waals surface area contributed by atoms with E-state index in [1.165, 1.54) is 4.57 Å². The summed E-state index contributed by atoms with van der Waals surface area (Å²) >= 11 is 0. The summed E-state index contributed by atoms with van der Waals surface area (Å²) in [6.45, 7) is 3.85. The second-order valence-corrected chi connectivity index (χ2v) is 5.99. The van der Waals surface area contributed by atoms with Crippen LogP contribution in [-0.4, -0.2) is 43.9 Å². The number of amides is 1. The first-order valence-electron chi connectivity index (χ1n) is 8.32. The summed E-state index contributed by atoms with van der Waals surface area (Å²) in [5.74, 6) is -0.134. The summed E-state index contributed by atoms with van der Waals surface area (Å²) in [5, 5.41) is 4.16. The predicted molar refractivity (Wildman–Crippen MR) is 81.6 cm³/mol. The second-order valence-electron chi connectivity index (χ2n) is 5.99. The number of aromatic nitrogens is 3. The number of halogens is 3. The van der Waals surface area contributed by atoms with Gasteiger partial charge in [0.05, 0.1) is 0 Å². The highest BCUT2D eigenvalue weighted by Gasteiger charge is 2.47. The molecule has 24 heavy (non-hydrogen) atoms. The van der Waals surface area contributed by atoms with Crippen LogP contribution in [0.2, 0.25) is 0 Å². The van der Waals surface area contributed by atoms with Crippen LogP contribution in [0.5, 0.6) is 0 Å². The van der Waals surface area contributed by atoms with Crippen molar-refractivity contribution in [3.63, 3.8) is 0 Å². The zero-order valence-electron chi connectivity index (χ0n) is 14.0. The minimum Gasteiger partial charge on any atom is -0.329 e. The number of unbranched alkanes of at least 4 members (excludes halogenated alkanes) is 1. The zero-order chi connectivity index (χ0) is 17.9. The molecule has 0 unspecified atom stereocenters. The molecule has 0 radical (unpaired) electrons. The van der Waals surface area contributed by atoms with Crippen LogP contribution in [0.3, 0.4) is 0 Å². The van der Waals surface area contributed by atoms with E-state index in [0.717, 1.165) is 22.4 Å². The van der Waals surface area contributed by atoms with Gasteiger partial charge in [0.25, 0.3) is 0 Å². The molecule has 0 aromatic carbocycles. The van der Waals surface area contributed by atoms with E-state index in [0.29, 0.717) is 25.2 Å². The SMILES string of the molecule is CCCCc1nn(CC(=O)N2CCC[C@@H]2C(F)(F)F)c(=O)n1CC. The van der Waals surface area contributed by atoms with Crippen molar-refractivity contribution < 1.29 is 18.0 Å². The molecule has 1 aromatic rings. The van der Waals surface area contributed by atoms with Crippen molar-refractivity contribution in [3.05, 3.63) is 16.3 Å². The van der Waals surface area contributed by atoms with E-state index < -0.39 is 30.4 Å². The van der Waals surface area contributed by atoms with E-state index in [1.807, 2.05) is 6.92 Å². The highest BCUT2D eigenvalue weighted by molar-refractivity contribution is 5.76. The first kappa shape index (κ1) is 18.5. The Balaban J connectivity index is 2.17. The molecular weight excluding hydrogens is 325 g/mol. The number of aryl methyl sites for hydroxylation is 1. The smallest absolute Gasteiger partial charge is 0.329 e. The fourth-order valence-electron chi connectivity index (χ4n) is 3.05. The number of alkyl halides is 3. The summed E-state index contributed by atoms with van der Waals surface area (Å²) < 4.78 is 41.4. The van der Waals surface area contributed by atoms with Gasteiger partial charge in [-0.1, -0.05) is 13.3 Å². The molecule has 1 atom stereocenters. The Morgan fingerprint density at radius 1 is 1.33 bits per heavy atom. The molecule has 2 heterocycles. The molecule has 1 aliphatic heterocycles. The zero-order valence-corrected chi connectivity index (χ0v) is 14.0. The van der Waals surface area contributed by atoms with Crippen molar-refractivity contribution in [2.45, 2.75) is 71.3 Å². The van der Waals surface area contributed by atoms with Crippen molar-refractivity contribution in [1.82, 2.24) is 19.2 Å². The maximum Gasteiger partial charge on any atom is 0.408 e. The first-order valence-corrected chi connectivity index (χ1v) is 8.32. The number of hydrogen-bond donors (Lipinski definition) is 0. The highest BCUT2D eigenvalue weighted by atomic mass is 19.4. The molecule has 1 fully saturated rings. The van der Waals surface area contributed by atoms with Gasteiger partial charge < -0.3 is 4.90 Å². The van der Waals surface area contributed by atoms with Gasteiger partial charge in [0.2, 0.25) is 5.91 Å². The van der Waals surface area contributed by atoms with E-state index in [4.69, 9.17) is 0 Å². The third-order valence-electron chi connectivity index (χ3n) is 4.31. The number of carbonyl (C=O) groups excluding carboxylic acids is 1. The maximum absolute atomic E-state index is 13.0. The lowest BCUT2D eigenvalue weighted by Gasteiger charge is -2.26.